The number of fused-ring (bicyclic) bond motifs is 6. The van der Waals surface area contributed by atoms with Crippen LogP contribution in [0.5, 0.6) is 0 Å². The molecular formula is C28H33NO. The van der Waals surface area contributed by atoms with Gasteiger partial charge in [-0.25, -0.2) is 0 Å². The normalized spacial score (nSPS) is 40.4. The van der Waals surface area contributed by atoms with E-state index in [1.807, 2.05) is 6.08 Å². The van der Waals surface area contributed by atoms with Crippen molar-refractivity contribution in [1.29, 1.82) is 0 Å². The summed E-state index contributed by atoms with van der Waals surface area (Å²) in [7, 11) is 0. The van der Waals surface area contributed by atoms with E-state index in [9.17, 15) is 4.79 Å². The molecule has 0 amide bonds. The molecule has 4 aliphatic carbocycles. The molecule has 1 heterocycles. The van der Waals surface area contributed by atoms with Crippen LogP contribution in [0, 0.1) is 34.5 Å². The van der Waals surface area contributed by atoms with Gasteiger partial charge in [0.05, 0.1) is 5.52 Å². The van der Waals surface area contributed by atoms with Gasteiger partial charge in [-0.1, -0.05) is 50.6 Å². The van der Waals surface area contributed by atoms with E-state index in [4.69, 9.17) is 0 Å². The van der Waals surface area contributed by atoms with Gasteiger partial charge in [0.25, 0.3) is 0 Å². The Morgan fingerprint density at radius 3 is 2.70 bits per heavy atom. The molecule has 2 fully saturated rings. The lowest BCUT2D eigenvalue weighted by Gasteiger charge is -2.57. The monoisotopic (exact) mass is 399 g/mol. The Labute approximate surface area is 180 Å². The van der Waals surface area contributed by atoms with Gasteiger partial charge in [0.1, 0.15) is 0 Å². The summed E-state index contributed by atoms with van der Waals surface area (Å²) in [6.45, 7) is 7.31. The van der Waals surface area contributed by atoms with Crippen molar-refractivity contribution in [3.05, 3.63) is 54.3 Å². The third kappa shape index (κ3) is 2.34. The Morgan fingerprint density at radius 2 is 1.83 bits per heavy atom. The number of aromatic nitrogens is 1. The van der Waals surface area contributed by atoms with Gasteiger partial charge in [-0.2, -0.15) is 0 Å². The zero-order valence-electron chi connectivity index (χ0n) is 18.5. The third-order valence-corrected chi connectivity index (χ3v) is 9.55. The molecule has 156 valence electrons. The second-order valence-corrected chi connectivity index (χ2v) is 11.1. The van der Waals surface area contributed by atoms with Crippen molar-refractivity contribution in [2.24, 2.45) is 34.5 Å². The van der Waals surface area contributed by atoms with Crippen molar-refractivity contribution in [1.82, 2.24) is 4.57 Å². The number of hydrogen-bond acceptors (Lipinski definition) is 1. The van der Waals surface area contributed by atoms with Gasteiger partial charge < -0.3 is 4.57 Å². The predicted octanol–water partition coefficient (Wildman–Crippen LogP) is 6.87. The van der Waals surface area contributed by atoms with Crippen LogP contribution in [-0.2, 0) is 4.79 Å². The topological polar surface area (TPSA) is 22.0 Å². The number of hydrogen-bond donors (Lipinski definition) is 0. The minimum Gasteiger partial charge on any atom is -0.320 e. The van der Waals surface area contributed by atoms with Crippen molar-refractivity contribution in [2.75, 3.05) is 0 Å². The molecule has 2 aromatic rings. The minimum absolute atomic E-state index is 0.0519. The molecule has 2 saturated carbocycles. The van der Waals surface area contributed by atoms with Crippen LogP contribution in [0.1, 0.15) is 59.3 Å². The molecule has 1 aromatic carbocycles. The average molecular weight is 400 g/mol. The van der Waals surface area contributed by atoms with E-state index in [1.165, 1.54) is 42.3 Å². The van der Waals surface area contributed by atoms with E-state index in [1.54, 1.807) is 5.57 Å². The Kier molecular flexibility index (Phi) is 3.87. The van der Waals surface area contributed by atoms with Gasteiger partial charge in [-0.15, -0.1) is 0 Å². The highest BCUT2D eigenvalue weighted by molar-refractivity contribution is 6.04. The second kappa shape index (κ2) is 6.22. The fourth-order valence-electron chi connectivity index (χ4n) is 7.90. The molecular weight excluding hydrogens is 366 g/mol. The summed E-state index contributed by atoms with van der Waals surface area (Å²) >= 11 is 0. The van der Waals surface area contributed by atoms with E-state index in [2.05, 4.69) is 67.9 Å². The quantitative estimate of drug-likeness (QED) is 0.480. The van der Waals surface area contributed by atoms with Crippen LogP contribution < -0.4 is 0 Å². The number of nitrogens with zero attached hydrogens (tertiary/aromatic N) is 1. The highest BCUT2D eigenvalue weighted by atomic mass is 16.1. The van der Waals surface area contributed by atoms with Crippen molar-refractivity contribution in [2.45, 2.75) is 59.3 Å². The molecule has 0 aliphatic heterocycles. The summed E-state index contributed by atoms with van der Waals surface area (Å²) in [5, 5.41) is 1.25. The van der Waals surface area contributed by atoms with E-state index in [-0.39, 0.29) is 11.3 Å². The van der Waals surface area contributed by atoms with Crippen LogP contribution in [0.25, 0.3) is 16.6 Å². The highest BCUT2D eigenvalue weighted by Gasteiger charge is 2.59. The number of ketones is 1. The van der Waals surface area contributed by atoms with E-state index in [0.29, 0.717) is 23.0 Å². The standard InChI is InChI=1S/C28H33NO/c1-18-10-13-27(2)20(16-18)8-9-21-22(27)11-14-28(3)25(17-24(30)26(21)28)29-15-12-19-6-4-5-7-23(19)29/h4-8,12,15,17-18,21-22,26H,9-11,13-14,16H2,1-3H3/t18-,21?,22?,26?,27-,28+/m0/s1. The Hall–Kier alpha value is -2.09. The van der Waals surface area contributed by atoms with Crippen LogP contribution in [0.3, 0.4) is 0 Å². The van der Waals surface area contributed by atoms with Gasteiger partial charge in [-0.3, -0.25) is 4.79 Å². The summed E-state index contributed by atoms with van der Waals surface area (Å²) in [4.78, 5) is 13.5. The lowest BCUT2D eigenvalue weighted by Crippen LogP contribution is -2.51. The maximum absolute atomic E-state index is 13.5. The van der Waals surface area contributed by atoms with E-state index in [0.717, 1.165) is 18.8 Å². The number of allylic oxidation sites excluding steroid dienone is 4. The summed E-state index contributed by atoms with van der Waals surface area (Å²) in [5.41, 5.74) is 4.43. The van der Waals surface area contributed by atoms with Crippen LogP contribution in [0.15, 0.2) is 54.3 Å². The first kappa shape index (κ1) is 18.7. The number of carbonyl (C=O) groups excluding carboxylic acids is 1. The first-order chi connectivity index (χ1) is 14.4. The van der Waals surface area contributed by atoms with E-state index >= 15 is 0 Å². The van der Waals surface area contributed by atoms with Gasteiger partial charge in [0, 0.05) is 29.3 Å². The maximum atomic E-state index is 13.5. The number of para-hydroxylation sites is 1. The Morgan fingerprint density at radius 1 is 1.03 bits per heavy atom. The van der Waals surface area contributed by atoms with E-state index < -0.39 is 0 Å². The number of carbonyl (C=O) groups is 1. The molecule has 4 aliphatic rings. The molecule has 0 radical (unpaired) electrons. The fourth-order valence-corrected chi connectivity index (χ4v) is 7.90. The third-order valence-electron chi connectivity index (χ3n) is 9.55. The van der Waals surface area contributed by atoms with Crippen molar-refractivity contribution >= 4 is 22.4 Å². The zero-order chi connectivity index (χ0) is 20.7. The second-order valence-electron chi connectivity index (χ2n) is 11.1. The van der Waals surface area contributed by atoms with Gasteiger partial charge in [0.2, 0.25) is 0 Å². The van der Waals surface area contributed by atoms with Crippen molar-refractivity contribution < 1.29 is 4.79 Å². The molecule has 3 unspecified atom stereocenters. The number of benzene rings is 1. The molecule has 2 nitrogen and oxygen atoms in total. The lowest BCUT2D eigenvalue weighted by molar-refractivity contribution is -0.127. The zero-order valence-corrected chi connectivity index (χ0v) is 18.5. The molecule has 6 rings (SSSR count). The van der Waals surface area contributed by atoms with Crippen molar-refractivity contribution in [3.8, 4) is 0 Å². The van der Waals surface area contributed by atoms with Crippen LogP contribution in [0.4, 0.5) is 0 Å². The van der Waals surface area contributed by atoms with Crippen LogP contribution >= 0.6 is 0 Å². The summed E-state index contributed by atoms with van der Waals surface area (Å²) in [5.74, 6) is 2.50. The van der Waals surface area contributed by atoms with Gasteiger partial charge in [-0.05, 0) is 79.2 Å². The molecule has 0 N–H and O–H groups in total. The lowest BCUT2D eigenvalue weighted by atomic mass is 9.47. The average Bonchev–Trinajstić information content (AvgIpc) is 3.26. The molecule has 0 bridgehead atoms. The summed E-state index contributed by atoms with van der Waals surface area (Å²) in [6.07, 6.45) is 14.1. The van der Waals surface area contributed by atoms with Crippen molar-refractivity contribution in [3.63, 3.8) is 0 Å². The molecule has 0 saturated heterocycles. The summed E-state index contributed by atoms with van der Waals surface area (Å²) in [6, 6.07) is 10.7. The number of rotatable bonds is 1. The molecule has 0 spiro atoms. The Balaban J connectivity index is 1.41. The van der Waals surface area contributed by atoms with Gasteiger partial charge >= 0.3 is 0 Å². The highest BCUT2D eigenvalue weighted by Crippen LogP contribution is 2.65. The SMILES string of the molecule is C[C@H]1CC[C@@]2(C)C(=CCC3C2CC[C@]2(C)C(n4ccc5ccccc54)=CC(=O)C32)C1. The largest absolute Gasteiger partial charge is 0.320 e. The maximum Gasteiger partial charge on any atom is 0.161 e. The molecule has 1 aromatic heterocycles. The first-order valence-corrected chi connectivity index (χ1v) is 11.9. The molecule has 2 heteroatoms. The minimum atomic E-state index is -0.0519. The molecule has 6 atom stereocenters. The fraction of sp³-hybridized carbons (Fsp3) is 0.536. The molecule has 30 heavy (non-hydrogen) atoms. The summed E-state index contributed by atoms with van der Waals surface area (Å²) < 4.78 is 2.31. The van der Waals surface area contributed by atoms with Crippen LogP contribution in [0.2, 0.25) is 0 Å². The smallest absolute Gasteiger partial charge is 0.161 e. The van der Waals surface area contributed by atoms with Gasteiger partial charge in [0.15, 0.2) is 5.78 Å². The predicted molar refractivity (Wildman–Crippen MR) is 123 cm³/mol. The Bertz CT molecular complexity index is 1100. The first-order valence-electron chi connectivity index (χ1n) is 11.9. The van der Waals surface area contributed by atoms with Crippen LogP contribution in [-0.4, -0.2) is 10.4 Å².